The highest BCUT2D eigenvalue weighted by Gasteiger charge is 2.28. The lowest BCUT2D eigenvalue weighted by Crippen LogP contribution is -2.20. The second kappa shape index (κ2) is 6.87. The predicted octanol–water partition coefficient (Wildman–Crippen LogP) is 2.73. The van der Waals surface area contributed by atoms with Gasteiger partial charge in [-0.3, -0.25) is 4.79 Å². The van der Waals surface area contributed by atoms with Crippen LogP contribution in [0.25, 0.3) is 0 Å². The number of hydrogen-bond acceptors (Lipinski definition) is 6. The zero-order valence-electron chi connectivity index (χ0n) is 13.7. The summed E-state index contributed by atoms with van der Waals surface area (Å²) in [4.78, 5) is 27.2. The van der Waals surface area contributed by atoms with Crippen LogP contribution in [0.3, 0.4) is 0 Å². The molecule has 0 amide bonds. The molecule has 2 aromatic rings. The fourth-order valence-electron chi connectivity index (χ4n) is 2.50. The molecule has 25 heavy (non-hydrogen) atoms. The van der Waals surface area contributed by atoms with Gasteiger partial charge in [-0.1, -0.05) is 23.9 Å². The number of thioether (sulfide) groups is 1. The number of Topliss-reactive ketones (excluding diaryl/α,β-unsaturated/α-hetero) is 1. The van der Waals surface area contributed by atoms with E-state index in [0.717, 1.165) is 10.6 Å². The van der Waals surface area contributed by atoms with Crippen molar-refractivity contribution in [1.82, 2.24) is 4.57 Å². The maximum atomic E-state index is 12.4. The third-order valence-corrected chi connectivity index (χ3v) is 5.07. The Morgan fingerprint density at radius 2 is 1.96 bits per heavy atom. The van der Waals surface area contributed by atoms with E-state index in [9.17, 15) is 14.9 Å². The standard InChI is InChI=1S/C18H15N3O3S/c1-20-9-5-7-14(20)18(23)24-11-15(22)12(10-19)17-21(2)13-6-3-4-8-16(13)25-17/h3-9H,11H2,1-2H3/b17-12-. The number of benzene rings is 1. The van der Waals surface area contributed by atoms with Crippen molar-refractivity contribution in [2.45, 2.75) is 4.90 Å². The first-order chi connectivity index (χ1) is 12.0. The van der Waals surface area contributed by atoms with Crippen LogP contribution >= 0.6 is 11.8 Å². The highest BCUT2D eigenvalue weighted by molar-refractivity contribution is 8.03. The van der Waals surface area contributed by atoms with Crippen LogP contribution in [0.5, 0.6) is 0 Å². The van der Waals surface area contributed by atoms with Gasteiger partial charge in [0.05, 0.1) is 5.69 Å². The summed E-state index contributed by atoms with van der Waals surface area (Å²) in [6.07, 6.45) is 1.71. The summed E-state index contributed by atoms with van der Waals surface area (Å²) in [5.41, 5.74) is 1.27. The number of para-hydroxylation sites is 1. The summed E-state index contributed by atoms with van der Waals surface area (Å²) in [6.45, 7) is -0.471. The number of ether oxygens (including phenoxy) is 1. The number of nitriles is 1. The van der Waals surface area contributed by atoms with Crippen molar-refractivity contribution >= 4 is 29.2 Å². The van der Waals surface area contributed by atoms with Gasteiger partial charge < -0.3 is 14.2 Å². The van der Waals surface area contributed by atoms with Crippen LogP contribution in [0.4, 0.5) is 5.69 Å². The van der Waals surface area contributed by atoms with Crippen LogP contribution in [0.1, 0.15) is 10.5 Å². The molecule has 0 radical (unpaired) electrons. The molecule has 7 heteroatoms. The average Bonchev–Trinajstić information content (AvgIpc) is 3.18. The van der Waals surface area contributed by atoms with E-state index in [4.69, 9.17) is 4.74 Å². The van der Waals surface area contributed by atoms with Crippen molar-refractivity contribution in [3.05, 3.63) is 58.9 Å². The second-order valence-corrected chi connectivity index (χ2v) is 6.46. The first-order valence-electron chi connectivity index (χ1n) is 7.49. The van der Waals surface area contributed by atoms with E-state index in [1.54, 1.807) is 41.9 Å². The van der Waals surface area contributed by atoms with Crippen molar-refractivity contribution in [2.24, 2.45) is 7.05 Å². The van der Waals surface area contributed by atoms with Crippen LogP contribution < -0.4 is 4.90 Å². The van der Waals surface area contributed by atoms with Gasteiger partial charge in [0, 0.05) is 25.2 Å². The minimum atomic E-state index is -0.598. The van der Waals surface area contributed by atoms with Crippen LogP contribution in [-0.4, -0.2) is 30.0 Å². The van der Waals surface area contributed by atoms with Gasteiger partial charge in [-0.05, 0) is 24.3 Å². The van der Waals surface area contributed by atoms with Gasteiger partial charge in [0.2, 0.25) is 5.78 Å². The van der Waals surface area contributed by atoms with Gasteiger partial charge in [-0.25, -0.2) is 4.79 Å². The van der Waals surface area contributed by atoms with E-state index in [-0.39, 0.29) is 5.57 Å². The molecule has 1 aliphatic rings. The Kier molecular flexibility index (Phi) is 4.63. The number of fused-ring (bicyclic) bond motifs is 1. The molecule has 2 heterocycles. The zero-order chi connectivity index (χ0) is 18.0. The minimum Gasteiger partial charge on any atom is -0.453 e. The van der Waals surface area contributed by atoms with Gasteiger partial charge in [-0.15, -0.1) is 0 Å². The Balaban J connectivity index is 1.76. The number of rotatable bonds is 4. The van der Waals surface area contributed by atoms with Gasteiger partial charge in [0.15, 0.2) is 6.61 Å². The SMILES string of the molecule is CN1/C(=C(\C#N)C(=O)COC(=O)c2cccn2C)Sc2ccccc21. The van der Waals surface area contributed by atoms with Gasteiger partial charge >= 0.3 is 5.97 Å². The molecule has 1 aliphatic heterocycles. The zero-order valence-corrected chi connectivity index (χ0v) is 14.5. The normalized spacial score (nSPS) is 14.7. The summed E-state index contributed by atoms with van der Waals surface area (Å²) in [5.74, 6) is -1.12. The van der Waals surface area contributed by atoms with Crippen LogP contribution in [0.15, 0.2) is 58.1 Å². The molecule has 1 aromatic heterocycles. The molecule has 0 spiro atoms. The van der Waals surface area contributed by atoms with Crippen LogP contribution in [0.2, 0.25) is 0 Å². The summed E-state index contributed by atoms with van der Waals surface area (Å²) < 4.78 is 6.67. The van der Waals surface area contributed by atoms with Crippen molar-refractivity contribution in [1.29, 1.82) is 5.26 Å². The third-order valence-electron chi connectivity index (χ3n) is 3.83. The lowest BCUT2D eigenvalue weighted by atomic mass is 10.2. The highest BCUT2D eigenvalue weighted by Crippen LogP contribution is 2.46. The summed E-state index contributed by atoms with van der Waals surface area (Å²) in [6, 6.07) is 12.9. The topological polar surface area (TPSA) is 75.3 Å². The second-order valence-electron chi connectivity index (χ2n) is 5.42. The smallest absolute Gasteiger partial charge is 0.355 e. The molecule has 0 N–H and O–H groups in total. The summed E-state index contributed by atoms with van der Waals surface area (Å²) in [7, 11) is 3.51. The van der Waals surface area contributed by atoms with Crippen molar-refractivity contribution in [3.8, 4) is 6.07 Å². The number of esters is 1. The number of carbonyl (C=O) groups excluding carboxylic acids is 2. The lowest BCUT2D eigenvalue weighted by Gasteiger charge is -2.14. The molecule has 126 valence electrons. The van der Waals surface area contributed by atoms with E-state index in [2.05, 4.69) is 0 Å². The summed E-state index contributed by atoms with van der Waals surface area (Å²) in [5, 5.41) is 9.98. The molecule has 1 aromatic carbocycles. The maximum Gasteiger partial charge on any atom is 0.355 e. The Bertz CT molecular complexity index is 924. The first kappa shape index (κ1) is 16.9. The fourth-order valence-corrected chi connectivity index (χ4v) is 3.66. The number of ketones is 1. The maximum absolute atomic E-state index is 12.4. The third kappa shape index (κ3) is 3.16. The summed E-state index contributed by atoms with van der Waals surface area (Å²) >= 11 is 1.36. The molecule has 0 atom stereocenters. The molecule has 0 fully saturated rings. The Morgan fingerprint density at radius 1 is 1.20 bits per heavy atom. The molecule has 3 rings (SSSR count). The Morgan fingerprint density at radius 3 is 2.60 bits per heavy atom. The van der Waals surface area contributed by atoms with E-state index in [1.165, 1.54) is 11.8 Å². The lowest BCUT2D eigenvalue weighted by molar-refractivity contribution is -0.118. The van der Waals surface area contributed by atoms with Crippen LogP contribution in [-0.2, 0) is 16.6 Å². The number of aryl methyl sites for hydroxylation is 1. The van der Waals surface area contributed by atoms with Crippen molar-refractivity contribution in [2.75, 3.05) is 18.6 Å². The Labute approximate surface area is 149 Å². The van der Waals surface area contributed by atoms with E-state index in [0.29, 0.717) is 10.7 Å². The average molecular weight is 353 g/mol. The Hall–Kier alpha value is -2.98. The van der Waals surface area contributed by atoms with Gasteiger partial charge in [-0.2, -0.15) is 5.26 Å². The minimum absolute atomic E-state index is 0.0108. The van der Waals surface area contributed by atoms with E-state index < -0.39 is 18.4 Å². The molecule has 0 saturated heterocycles. The molecule has 0 unspecified atom stereocenters. The van der Waals surface area contributed by atoms with Crippen molar-refractivity contribution < 1.29 is 14.3 Å². The number of carbonyl (C=O) groups is 2. The number of anilines is 1. The largest absolute Gasteiger partial charge is 0.453 e. The van der Waals surface area contributed by atoms with Gasteiger partial charge in [0.25, 0.3) is 0 Å². The monoisotopic (exact) mass is 353 g/mol. The highest BCUT2D eigenvalue weighted by atomic mass is 32.2. The molecular formula is C18H15N3O3S. The fraction of sp³-hybridized carbons (Fsp3) is 0.167. The van der Waals surface area contributed by atoms with Gasteiger partial charge in [0.1, 0.15) is 22.4 Å². The van der Waals surface area contributed by atoms with Crippen LogP contribution in [0, 0.1) is 11.3 Å². The van der Waals surface area contributed by atoms with E-state index >= 15 is 0 Å². The molecule has 0 aliphatic carbocycles. The number of nitrogens with zero attached hydrogens (tertiary/aromatic N) is 3. The molecule has 0 saturated carbocycles. The van der Waals surface area contributed by atoms with E-state index in [1.807, 2.05) is 30.3 Å². The quantitative estimate of drug-likeness (QED) is 0.478. The predicted molar refractivity (Wildman–Crippen MR) is 94.0 cm³/mol. The number of aromatic nitrogens is 1. The number of hydrogen-bond donors (Lipinski definition) is 0. The van der Waals surface area contributed by atoms with Crippen molar-refractivity contribution in [3.63, 3.8) is 0 Å². The molecule has 0 bridgehead atoms. The molecular weight excluding hydrogens is 338 g/mol. The first-order valence-corrected chi connectivity index (χ1v) is 8.31. The molecule has 6 nitrogen and oxygen atoms in total.